The number of Topliss-reactive ketones (excluding diaryl/α,β-unsaturated/α-hetero) is 1. The molecule has 0 saturated carbocycles. The van der Waals surface area contributed by atoms with Gasteiger partial charge in [-0.3, -0.25) is 4.79 Å². The van der Waals surface area contributed by atoms with Crippen molar-refractivity contribution in [1.29, 1.82) is 0 Å². The zero-order valence-electron chi connectivity index (χ0n) is 9.92. The molecule has 3 heteroatoms. The number of rotatable bonds is 5. The number of ether oxygens (including phenoxy) is 1. The summed E-state index contributed by atoms with van der Waals surface area (Å²) in [6.45, 7) is 6.67. The molecule has 0 amide bonds. The fourth-order valence-corrected chi connectivity index (χ4v) is 1.74. The van der Waals surface area contributed by atoms with Gasteiger partial charge < -0.3 is 4.74 Å². The highest BCUT2D eigenvalue weighted by atomic mass is 35.5. The first-order valence-electron chi connectivity index (χ1n) is 5.46. The van der Waals surface area contributed by atoms with Crippen LogP contribution < -0.4 is 4.74 Å². The van der Waals surface area contributed by atoms with E-state index in [1.54, 1.807) is 6.07 Å². The maximum absolute atomic E-state index is 11.6. The number of hydrogen-bond donors (Lipinski definition) is 0. The highest BCUT2D eigenvalue weighted by Gasteiger charge is 2.13. The molecular formula is C13H17ClO2. The van der Waals surface area contributed by atoms with Gasteiger partial charge in [-0.05, 0) is 36.6 Å². The number of carbonyl (C=O) groups excluding carboxylic acids is 1. The number of benzene rings is 1. The third-order valence-electron chi connectivity index (χ3n) is 2.38. The molecule has 0 unspecified atom stereocenters. The molecular weight excluding hydrogens is 224 g/mol. The third-order valence-corrected chi connectivity index (χ3v) is 2.62. The fraction of sp³-hybridized carbons (Fsp3) is 0.462. The maximum Gasteiger partial charge on any atom is 0.177 e. The molecule has 0 saturated heterocycles. The van der Waals surface area contributed by atoms with Crippen LogP contribution in [0.4, 0.5) is 0 Å². The molecule has 0 spiro atoms. The van der Waals surface area contributed by atoms with E-state index in [0.29, 0.717) is 12.2 Å². The quantitative estimate of drug-likeness (QED) is 0.580. The number of halogens is 1. The second-order valence-corrected chi connectivity index (χ2v) is 4.16. The fourth-order valence-electron chi connectivity index (χ4n) is 1.60. The molecule has 0 radical (unpaired) electrons. The molecule has 0 aliphatic carbocycles. The van der Waals surface area contributed by atoms with Crippen molar-refractivity contribution >= 4 is 17.4 Å². The third kappa shape index (κ3) is 2.99. The van der Waals surface area contributed by atoms with Gasteiger partial charge in [-0.1, -0.05) is 13.8 Å². The van der Waals surface area contributed by atoms with Gasteiger partial charge in [0.2, 0.25) is 0 Å². The summed E-state index contributed by atoms with van der Waals surface area (Å²) in [6.07, 6.45) is 0. The van der Waals surface area contributed by atoms with E-state index in [9.17, 15) is 4.79 Å². The van der Waals surface area contributed by atoms with Crippen LogP contribution in [0.15, 0.2) is 18.2 Å². The lowest BCUT2D eigenvalue weighted by Gasteiger charge is -2.13. The Balaban J connectivity index is 3.14. The molecule has 0 aromatic heterocycles. The smallest absolute Gasteiger partial charge is 0.177 e. The van der Waals surface area contributed by atoms with Crippen molar-refractivity contribution in [2.75, 3.05) is 12.5 Å². The summed E-state index contributed by atoms with van der Waals surface area (Å²) in [6, 6.07) is 5.54. The molecule has 0 fully saturated rings. The van der Waals surface area contributed by atoms with Gasteiger partial charge in [-0.2, -0.15) is 0 Å². The van der Waals surface area contributed by atoms with E-state index in [4.69, 9.17) is 16.3 Å². The van der Waals surface area contributed by atoms with Crippen LogP contribution in [0.2, 0.25) is 0 Å². The topological polar surface area (TPSA) is 26.3 Å². The van der Waals surface area contributed by atoms with Crippen LogP contribution in [0.3, 0.4) is 0 Å². The molecule has 88 valence electrons. The zero-order chi connectivity index (χ0) is 12.1. The van der Waals surface area contributed by atoms with Crippen molar-refractivity contribution in [3.63, 3.8) is 0 Å². The van der Waals surface area contributed by atoms with Gasteiger partial charge >= 0.3 is 0 Å². The lowest BCUT2D eigenvalue weighted by atomic mass is 9.95. The van der Waals surface area contributed by atoms with Gasteiger partial charge in [0.05, 0.1) is 12.5 Å². The molecule has 0 aliphatic rings. The summed E-state index contributed by atoms with van der Waals surface area (Å²) in [5, 5.41) is 0. The predicted molar refractivity (Wildman–Crippen MR) is 66.8 cm³/mol. The van der Waals surface area contributed by atoms with Crippen molar-refractivity contribution in [2.24, 2.45) is 0 Å². The highest BCUT2D eigenvalue weighted by molar-refractivity contribution is 6.30. The predicted octanol–water partition coefficient (Wildman–Crippen LogP) is 3.63. The van der Waals surface area contributed by atoms with E-state index < -0.39 is 0 Å². The zero-order valence-corrected chi connectivity index (χ0v) is 10.7. The Morgan fingerprint density at radius 2 is 2.12 bits per heavy atom. The molecule has 1 aromatic carbocycles. The number of ketones is 1. The number of alkyl halides is 1. The van der Waals surface area contributed by atoms with Crippen molar-refractivity contribution in [3.05, 3.63) is 29.3 Å². The van der Waals surface area contributed by atoms with Gasteiger partial charge in [0, 0.05) is 5.56 Å². The van der Waals surface area contributed by atoms with Crippen LogP contribution in [0, 0.1) is 0 Å². The van der Waals surface area contributed by atoms with E-state index >= 15 is 0 Å². The van der Waals surface area contributed by atoms with E-state index in [0.717, 1.165) is 11.3 Å². The van der Waals surface area contributed by atoms with Crippen LogP contribution in [0.1, 0.15) is 42.6 Å². The van der Waals surface area contributed by atoms with Crippen molar-refractivity contribution < 1.29 is 9.53 Å². The van der Waals surface area contributed by atoms with Crippen LogP contribution in [-0.4, -0.2) is 18.3 Å². The largest absolute Gasteiger partial charge is 0.494 e. The minimum Gasteiger partial charge on any atom is -0.494 e. The van der Waals surface area contributed by atoms with Crippen molar-refractivity contribution in [3.8, 4) is 5.75 Å². The summed E-state index contributed by atoms with van der Waals surface area (Å²) in [5.41, 5.74) is 1.70. The normalized spacial score (nSPS) is 10.6. The number of hydrogen-bond acceptors (Lipinski definition) is 2. The number of carbonyl (C=O) groups is 1. The average Bonchev–Trinajstić information content (AvgIpc) is 2.28. The molecule has 1 aromatic rings. The van der Waals surface area contributed by atoms with Gasteiger partial charge in [0.15, 0.2) is 5.78 Å². The first kappa shape index (κ1) is 13.0. The molecule has 0 bridgehead atoms. The molecule has 0 aliphatic heterocycles. The summed E-state index contributed by atoms with van der Waals surface area (Å²) >= 11 is 5.58. The SMILES string of the molecule is CCOc1ccc(C(=O)CCl)c(C(C)C)c1. The Bertz CT molecular complexity index is 372. The van der Waals surface area contributed by atoms with E-state index in [-0.39, 0.29) is 17.6 Å². The van der Waals surface area contributed by atoms with E-state index in [1.165, 1.54) is 0 Å². The van der Waals surface area contributed by atoms with E-state index in [1.807, 2.05) is 19.1 Å². The standard InChI is InChI=1S/C13H17ClO2/c1-4-16-10-5-6-11(13(15)8-14)12(7-10)9(2)3/h5-7,9H,4,8H2,1-3H3. The maximum atomic E-state index is 11.6. The summed E-state index contributed by atoms with van der Waals surface area (Å²) < 4.78 is 5.42. The van der Waals surface area contributed by atoms with Crippen LogP contribution in [0.5, 0.6) is 5.75 Å². The minimum absolute atomic E-state index is 0.0215. The Morgan fingerprint density at radius 3 is 2.62 bits per heavy atom. The summed E-state index contributed by atoms with van der Waals surface area (Å²) in [5.74, 6) is 1.07. The van der Waals surface area contributed by atoms with Crippen molar-refractivity contribution in [2.45, 2.75) is 26.7 Å². The molecule has 1 rings (SSSR count). The van der Waals surface area contributed by atoms with Gasteiger partial charge in [-0.15, -0.1) is 11.6 Å². The second kappa shape index (κ2) is 5.90. The molecule has 0 heterocycles. The molecule has 0 atom stereocenters. The van der Waals surface area contributed by atoms with Crippen LogP contribution in [-0.2, 0) is 0 Å². The van der Waals surface area contributed by atoms with Crippen LogP contribution >= 0.6 is 11.6 Å². The monoisotopic (exact) mass is 240 g/mol. The second-order valence-electron chi connectivity index (χ2n) is 3.89. The van der Waals surface area contributed by atoms with Gasteiger partial charge in [0.25, 0.3) is 0 Å². The van der Waals surface area contributed by atoms with E-state index in [2.05, 4.69) is 13.8 Å². The average molecular weight is 241 g/mol. The molecule has 0 N–H and O–H groups in total. The Kier molecular flexibility index (Phi) is 4.81. The minimum atomic E-state index is -0.0339. The Labute approximate surface area is 102 Å². The molecule has 16 heavy (non-hydrogen) atoms. The van der Waals surface area contributed by atoms with Crippen LogP contribution in [0.25, 0.3) is 0 Å². The first-order chi connectivity index (χ1) is 7.60. The van der Waals surface area contributed by atoms with Gasteiger partial charge in [-0.25, -0.2) is 0 Å². The first-order valence-corrected chi connectivity index (χ1v) is 5.99. The van der Waals surface area contributed by atoms with Gasteiger partial charge in [0.1, 0.15) is 5.75 Å². The highest BCUT2D eigenvalue weighted by Crippen LogP contribution is 2.25. The van der Waals surface area contributed by atoms with Crippen molar-refractivity contribution in [1.82, 2.24) is 0 Å². The lowest BCUT2D eigenvalue weighted by molar-refractivity contribution is 0.102. The molecule has 2 nitrogen and oxygen atoms in total. The summed E-state index contributed by atoms with van der Waals surface area (Å²) in [7, 11) is 0. The lowest BCUT2D eigenvalue weighted by Crippen LogP contribution is -2.07. The Morgan fingerprint density at radius 1 is 1.44 bits per heavy atom. The Hall–Kier alpha value is -1.02. The summed E-state index contributed by atoms with van der Waals surface area (Å²) in [4.78, 5) is 11.6.